The van der Waals surface area contributed by atoms with E-state index in [1.807, 2.05) is 42.1 Å². The zero-order chi connectivity index (χ0) is 11.5. The summed E-state index contributed by atoms with van der Waals surface area (Å²) in [5.74, 6) is 0.843. The zero-order valence-corrected chi connectivity index (χ0v) is 9.51. The lowest BCUT2D eigenvalue weighted by Crippen LogP contribution is -2.11. The monoisotopic (exact) mass is 216 g/mol. The number of imidazole rings is 1. The highest BCUT2D eigenvalue weighted by atomic mass is 15.2. The molecule has 1 atom stereocenters. The molecule has 16 heavy (non-hydrogen) atoms. The average Bonchev–Trinajstić information content (AvgIpc) is 2.65. The highest BCUT2D eigenvalue weighted by Gasteiger charge is 2.09. The van der Waals surface area contributed by atoms with Crippen molar-refractivity contribution in [2.24, 2.45) is 7.05 Å². The Balaban J connectivity index is 2.18. The van der Waals surface area contributed by atoms with Crippen LogP contribution in [0.3, 0.4) is 0 Å². The molecular formula is C12H16N4. The fourth-order valence-corrected chi connectivity index (χ4v) is 1.68. The fourth-order valence-electron chi connectivity index (χ4n) is 1.68. The molecule has 1 unspecified atom stereocenters. The minimum Gasteiger partial charge on any atom is -0.398 e. The maximum atomic E-state index is 5.92. The van der Waals surface area contributed by atoms with Crippen LogP contribution in [0, 0.1) is 0 Å². The topological polar surface area (TPSA) is 55.9 Å². The molecule has 0 saturated carbocycles. The maximum absolute atomic E-state index is 5.92. The standard InChI is InChI=1S/C12H16N4/c1-9(10-5-3-4-6-11(10)13)15-12-14-7-8-16(12)2/h3-9H,13H2,1-2H3,(H,14,15). The largest absolute Gasteiger partial charge is 0.398 e. The van der Waals surface area contributed by atoms with E-state index in [2.05, 4.69) is 17.2 Å². The van der Waals surface area contributed by atoms with Crippen LogP contribution in [-0.2, 0) is 7.05 Å². The number of nitrogens with one attached hydrogen (secondary N) is 1. The van der Waals surface area contributed by atoms with Crippen molar-refractivity contribution in [2.45, 2.75) is 13.0 Å². The normalized spacial score (nSPS) is 12.4. The number of benzene rings is 1. The molecule has 4 heteroatoms. The Morgan fingerprint density at radius 1 is 1.38 bits per heavy atom. The van der Waals surface area contributed by atoms with Crippen LogP contribution in [0.25, 0.3) is 0 Å². The van der Waals surface area contributed by atoms with Crippen LogP contribution in [0.2, 0.25) is 0 Å². The van der Waals surface area contributed by atoms with Crippen molar-refractivity contribution in [3.05, 3.63) is 42.2 Å². The number of hydrogen-bond acceptors (Lipinski definition) is 3. The molecule has 0 spiro atoms. The molecule has 0 fully saturated rings. The summed E-state index contributed by atoms with van der Waals surface area (Å²) in [6.07, 6.45) is 3.67. The molecule has 2 aromatic rings. The van der Waals surface area contributed by atoms with Crippen molar-refractivity contribution in [1.82, 2.24) is 9.55 Å². The van der Waals surface area contributed by atoms with Gasteiger partial charge in [-0.1, -0.05) is 18.2 Å². The number of nitrogens with zero attached hydrogens (tertiary/aromatic N) is 2. The van der Waals surface area contributed by atoms with Gasteiger partial charge in [-0.2, -0.15) is 0 Å². The SMILES string of the molecule is CC(Nc1nccn1C)c1ccccc1N. The van der Waals surface area contributed by atoms with E-state index in [1.165, 1.54) is 0 Å². The molecule has 0 bridgehead atoms. The molecule has 4 nitrogen and oxygen atoms in total. The maximum Gasteiger partial charge on any atom is 0.202 e. The van der Waals surface area contributed by atoms with Gasteiger partial charge in [-0.15, -0.1) is 0 Å². The molecule has 3 N–H and O–H groups in total. The van der Waals surface area contributed by atoms with E-state index < -0.39 is 0 Å². The summed E-state index contributed by atoms with van der Waals surface area (Å²) in [6.45, 7) is 2.07. The van der Waals surface area contributed by atoms with E-state index >= 15 is 0 Å². The van der Waals surface area contributed by atoms with Gasteiger partial charge >= 0.3 is 0 Å². The van der Waals surface area contributed by atoms with Crippen LogP contribution in [0.1, 0.15) is 18.5 Å². The van der Waals surface area contributed by atoms with E-state index in [9.17, 15) is 0 Å². The van der Waals surface area contributed by atoms with Gasteiger partial charge in [-0.05, 0) is 18.6 Å². The van der Waals surface area contributed by atoms with Crippen molar-refractivity contribution >= 4 is 11.6 Å². The predicted molar refractivity (Wildman–Crippen MR) is 66.1 cm³/mol. The number of anilines is 2. The summed E-state index contributed by atoms with van der Waals surface area (Å²) < 4.78 is 1.94. The first-order valence-electron chi connectivity index (χ1n) is 5.26. The molecule has 0 radical (unpaired) electrons. The molecule has 0 saturated heterocycles. The van der Waals surface area contributed by atoms with E-state index in [0.29, 0.717) is 0 Å². The van der Waals surface area contributed by atoms with Gasteiger partial charge in [0.2, 0.25) is 5.95 Å². The number of aryl methyl sites for hydroxylation is 1. The molecule has 0 aliphatic rings. The predicted octanol–water partition coefficient (Wildman–Crippen LogP) is 2.18. The van der Waals surface area contributed by atoms with Gasteiger partial charge in [-0.25, -0.2) is 4.98 Å². The quantitative estimate of drug-likeness (QED) is 0.773. The second kappa shape index (κ2) is 4.26. The molecule has 84 valence electrons. The second-order valence-corrected chi connectivity index (χ2v) is 3.86. The van der Waals surface area contributed by atoms with Crippen LogP contribution in [0.5, 0.6) is 0 Å². The van der Waals surface area contributed by atoms with Crippen LogP contribution in [-0.4, -0.2) is 9.55 Å². The summed E-state index contributed by atoms with van der Waals surface area (Å²) in [6, 6.07) is 8.00. The molecular weight excluding hydrogens is 200 g/mol. The van der Waals surface area contributed by atoms with E-state index in [4.69, 9.17) is 5.73 Å². The molecule has 2 rings (SSSR count). The summed E-state index contributed by atoms with van der Waals surface area (Å²) in [5.41, 5.74) is 7.81. The molecule has 0 aliphatic heterocycles. The Kier molecular flexibility index (Phi) is 2.81. The van der Waals surface area contributed by atoms with Crippen LogP contribution >= 0.6 is 0 Å². The summed E-state index contributed by atoms with van der Waals surface area (Å²) in [7, 11) is 1.95. The van der Waals surface area contributed by atoms with Crippen molar-refractivity contribution in [3.8, 4) is 0 Å². The van der Waals surface area contributed by atoms with Gasteiger partial charge in [-0.3, -0.25) is 0 Å². The fraction of sp³-hybridized carbons (Fsp3) is 0.250. The van der Waals surface area contributed by atoms with Crippen molar-refractivity contribution in [3.63, 3.8) is 0 Å². The van der Waals surface area contributed by atoms with E-state index in [-0.39, 0.29) is 6.04 Å². The number of nitrogens with two attached hydrogens (primary N) is 1. The van der Waals surface area contributed by atoms with Crippen molar-refractivity contribution < 1.29 is 0 Å². The first-order valence-corrected chi connectivity index (χ1v) is 5.26. The first-order chi connectivity index (χ1) is 7.68. The van der Waals surface area contributed by atoms with Crippen LogP contribution < -0.4 is 11.1 Å². The van der Waals surface area contributed by atoms with E-state index in [0.717, 1.165) is 17.2 Å². The molecule has 1 heterocycles. The summed E-state index contributed by atoms with van der Waals surface area (Å²) in [4.78, 5) is 4.22. The van der Waals surface area contributed by atoms with Gasteiger partial charge in [0.15, 0.2) is 0 Å². The molecule has 1 aromatic carbocycles. The number of rotatable bonds is 3. The van der Waals surface area contributed by atoms with Crippen LogP contribution in [0.15, 0.2) is 36.7 Å². The number of aromatic nitrogens is 2. The summed E-state index contributed by atoms with van der Waals surface area (Å²) in [5, 5.41) is 3.32. The van der Waals surface area contributed by atoms with Gasteiger partial charge in [0, 0.05) is 25.1 Å². The van der Waals surface area contributed by atoms with Gasteiger partial charge in [0.05, 0.1) is 6.04 Å². The number of para-hydroxylation sites is 1. The van der Waals surface area contributed by atoms with Gasteiger partial charge < -0.3 is 15.6 Å². The third kappa shape index (κ3) is 2.00. The third-order valence-corrected chi connectivity index (χ3v) is 2.63. The Morgan fingerprint density at radius 2 is 2.12 bits per heavy atom. The Bertz CT molecular complexity index is 475. The lowest BCUT2D eigenvalue weighted by molar-refractivity contribution is 0.825. The number of nitrogen functional groups attached to an aromatic ring is 1. The van der Waals surface area contributed by atoms with Gasteiger partial charge in [0.25, 0.3) is 0 Å². The minimum atomic E-state index is 0.141. The van der Waals surface area contributed by atoms with Crippen molar-refractivity contribution in [1.29, 1.82) is 0 Å². The third-order valence-electron chi connectivity index (χ3n) is 2.63. The second-order valence-electron chi connectivity index (χ2n) is 3.86. The highest BCUT2D eigenvalue weighted by Crippen LogP contribution is 2.22. The smallest absolute Gasteiger partial charge is 0.202 e. The Morgan fingerprint density at radius 3 is 2.75 bits per heavy atom. The lowest BCUT2D eigenvalue weighted by atomic mass is 10.1. The van der Waals surface area contributed by atoms with Crippen molar-refractivity contribution in [2.75, 3.05) is 11.1 Å². The molecule has 0 amide bonds. The van der Waals surface area contributed by atoms with E-state index in [1.54, 1.807) is 6.20 Å². The zero-order valence-electron chi connectivity index (χ0n) is 9.51. The van der Waals surface area contributed by atoms with Crippen LogP contribution in [0.4, 0.5) is 11.6 Å². The Labute approximate surface area is 95.1 Å². The summed E-state index contributed by atoms with van der Waals surface area (Å²) >= 11 is 0. The first kappa shape index (κ1) is 10.5. The molecule has 1 aromatic heterocycles. The number of hydrogen-bond donors (Lipinski definition) is 2. The highest BCUT2D eigenvalue weighted by molar-refractivity contribution is 5.50. The lowest BCUT2D eigenvalue weighted by Gasteiger charge is -2.16. The average molecular weight is 216 g/mol. The Hall–Kier alpha value is -1.97. The molecule has 0 aliphatic carbocycles. The van der Waals surface area contributed by atoms with Gasteiger partial charge in [0.1, 0.15) is 0 Å². The minimum absolute atomic E-state index is 0.141.